The summed E-state index contributed by atoms with van der Waals surface area (Å²) in [6, 6.07) is 5.31. The monoisotopic (exact) mass is 393 g/mol. The van der Waals surface area contributed by atoms with Crippen molar-refractivity contribution in [2.75, 3.05) is 52.5 Å². The minimum Gasteiger partial charge on any atom is -0.379 e. The van der Waals surface area contributed by atoms with Crippen molar-refractivity contribution in [2.24, 2.45) is 0 Å². The SMILES string of the molecule is CCn1c(CN2CCNCC2)nc2cc(S(=O)(=O)N3CCOCC3)ccc21. The van der Waals surface area contributed by atoms with E-state index in [9.17, 15) is 8.42 Å². The summed E-state index contributed by atoms with van der Waals surface area (Å²) < 4.78 is 34.8. The highest BCUT2D eigenvalue weighted by atomic mass is 32.2. The molecule has 27 heavy (non-hydrogen) atoms. The number of ether oxygens (including phenoxy) is 1. The van der Waals surface area contributed by atoms with Crippen LogP contribution in [0.5, 0.6) is 0 Å². The van der Waals surface area contributed by atoms with Crippen LogP contribution < -0.4 is 5.32 Å². The van der Waals surface area contributed by atoms with Gasteiger partial charge in [-0.3, -0.25) is 4.90 Å². The maximum atomic E-state index is 12.9. The highest BCUT2D eigenvalue weighted by Gasteiger charge is 2.27. The van der Waals surface area contributed by atoms with Crippen molar-refractivity contribution in [1.29, 1.82) is 0 Å². The van der Waals surface area contributed by atoms with Gasteiger partial charge in [0, 0.05) is 45.8 Å². The fraction of sp³-hybridized carbons (Fsp3) is 0.611. The number of nitrogens with zero attached hydrogens (tertiary/aromatic N) is 4. The Labute approximate surface area is 160 Å². The Kier molecular flexibility index (Phi) is 5.47. The number of hydrogen-bond donors (Lipinski definition) is 1. The van der Waals surface area contributed by atoms with Crippen molar-refractivity contribution in [2.45, 2.75) is 24.9 Å². The molecule has 1 aromatic heterocycles. The second-order valence-electron chi connectivity index (χ2n) is 6.97. The lowest BCUT2D eigenvalue weighted by Crippen LogP contribution is -2.43. The van der Waals surface area contributed by atoms with Crippen LogP contribution in [0.4, 0.5) is 0 Å². The van der Waals surface area contributed by atoms with E-state index in [1.165, 1.54) is 4.31 Å². The number of aromatic nitrogens is 2. The van der Waals surface area contributed by atoms with E-state index in [0.29, 0.717) is 31.2 Å². The first kappa shape index (κ1) is 18.8. The third-order valence-electron chi connectivity index (χ3n) is 5.30. The molecule has 0 aliphatic carbocycles. The zero-order valence-electron chi connectivity index (χ0n) is 15.7. The summed E-state index contributed by atoms with van der Waals surface area (Å²) in [6.07, 6.45) is 0. The van der Waals surface area contributed by atoms with Crippen LogP contribution in [0.15, 0.2) is 23.1 Å². The zero-order valence-corrected chi connectivity index (χ0v) is 16.5. The molecule has 2 aliphatic heterocycles. The van der Waals surface area contributed by atoms with E-state index >= 15 is 0 Å². The molecule has 0 atom stereocenters. The van der Waals surface area contributed by atoms with Crippen LogP contribution in [0.2, 0.25) is 0 Å². The Bertz CT molecular complexity index is 899. The number of imidazole rings is 1. The zero-order chi connectivity index (χ0) is 18.9. The predicted molar refractivity (Wildman–Crippen MR) is 103 cm³/mol. The Hall–Kier alpha value is -1.52. The summed E-state index contributed by atoms with van der Waals surface area (Å²) in [7, 11) is -3.51. The van der Waals surface area contributed by atoms with Gasteiger partial charge in [0.2, 0.25) is 10.0 Å². The average molecular weight is 394 g/mol. The summed E-state index contributed by atoms with van der Waals surface area (Å²) in [5.41, 5.74) is 1.74. The maximum Gasteiger partial charge on any atom is 0.243 e. The molecule has 0 bridgehead atoms. The molecule has 148 valence electrons. The topological polar surface area (TPSA) is 79.7 Å². The number of rotatable bonds is 5. The molecule has 4 rings (SSSR count). The van der Waals surface area contributed by atoms with Gasteiger partial charge in [-0.25, -0.2) is 13.4 Å². The molecule has 0 spiro atoms. The third kappa shape index (κ3) is 3.74. The van der Waals surface area contributed by atoms with Gasteiger partial charge in [0.1, 0.15) is 5.82 Å². The first-order valence-corrected chi connectivity index (χ1v) is 11.0. The van der Waals surface area contributed by atoms with Crippen molar-refractivity contribution in [3.05, 3.63) is 24.0 Å². The highest BCUT2D eigenvalue weighted by molar-refractivity contribution is 7.89. The summed E-state index contributed by atoms with van der Waals surface area (Å²) in [5, 5.41) is 3.36. The van der Waals surface area contributed by atoms with Crippen LogP contribution in [0.3, 0.4) is 0 Å². The second kappa shape index (κ2) is 7.84. The molecule has 9 heteroatoms. The minimum absolute atomic E-state index is 0.311. The minimum atomic E-state index is -3.51. The van der Waals surface area contributed by atoms with Crippen LogP contribution >= 0.6 is 0 Å². The molecule has 0 radical (unpaired) electrons. The molecule has 0 unspecified atom stereocenters. The van der Waals surface area contributed by atoms with Gasteiger partial charge in [-0.05, 0) is 25.1 Å². The van der Waals surface area contributed by atoms with Crippen LogP contribution in [-0.4, -0.2) is 79.7 Å². The molecule has 1 N–H and O–H groups in total. The van der Waals surface area contributed by atoms with Gasteiger partial charge < -0.3 is 14.6 Å². The molecular weight excluding hydrogens is 366 g/mol. The van der Waals surface area contributed by atoms with Crippen LogP contribution in [0.1, 0.15) is 12.7 Å². The Balaban J connectivity index is 1.65. The molecule has 2 aliphatic rings. The lowest BCUT2D eigenvalue weighted by molar-refractivity contribution is 0.0730. The number of sulfonamides is 1. The van der Waals surface area contributed by atoms with E-state index in [0.717, 1.165) is 56.1 Å². The summed E-state index contributed by atoms with van der Waals surface area (Å²) in [4.78, 5) is 7.49. The van der Waals surface area contributed by atoms with E-state index in [1.807, 2.05) is 6.07 Å². The van der Waals surface area contributed by atoms with Crippen molar-refractivity contribution < 1.29 is 13.2 Å². The molecule has 8 nitrogen and oxygen atoms in total. The van der Waals surface area contributed by atoms with Gasteiger partial charge >= 0.3 is 0 Å². The van der Waals surface area contributed by atoms with Crippen molar-refractivity contribution in [3.63, 3.8) is 0 Å². The van der Waals surface area contributed by atoms with Crippen molar-refractivity contribution >= 4 is 21.1 Å². The number of nitrogens with one attached hydrogen (secondary N) is 1. The molecule has 0 saturated carbocycles. The first-order chi connectivity index (χ1) is 13.1. The number of fused-ring (bicyclic) bond motifs is 1. The summed E-state index contributed by atoms with van der Waals surface area (Å²) in [5.74, 6) is 0.996. The number of hydrogen-bond acceptors (Lipinski definition) is 6. The Morgan fingerprint density at radius 2 is 1.89 bits per heavy atom. The Morgan fingerprint density at radius 3 is 2.59 bits per heavy atom. The molecule has 3 heterocycles. The number of piperazine rings is 1. The lowest BCUT2D eigenvalue weighted by Gasteiger charge is -2.26. The average Bonchev–Trinajstić information content (AvgIpc) is 3.05. The van der Waals surface area contributed by atoms with Crippen LogP contribution in [-0.2, 0) is 27.8 Å². The normalized spacial score (nSPS) is 20.3. The molecule has 2 saturated heterocycles. The predicted octanol–water partition coefficient (Wildman–Crippen LogP) is 0.482. The maximum absolute atomic E-state index is 12.9. The number of morpholine rings is 1. The van der Waals surface area contributed by atoms with Crippen molar-refractivity contribution in [3.8, 4) is 0 Å². The standard InChI is InChI=1S/C18H27N5O3S/c1-2-23-17-4-3-15(27(24,25)22-9-11-26-12-10-22)13-16(17)20-18(23)14-21-7-5-19-6-8-21/h3-4,13,19H,2,5-12,14H2,1H3. The number of aryl methyl sites for hydroxylation is 1. The Morgan fingerprint density at radius 1 is 1.15 bits per heavy atom. The lowest BCUT2D eigenvalue weighted by atomic mass is 10.3. The van der Waals surface area contributed by atoms with Crippen molar-refractivity contribution in [1.82, 2.24) is 24.1 Å². The van der Waals surface area contributed by atoms with E-state index in [-0.39, 0.29) is 0 Å². The molecule has 1 aromatic carbocycles. The van der Waals surface area contributed by atoms with E-state index in [1.54, 1.807) is 12.1 Å². The fourth-order valence-electron chi connectivity index (χ4n) is 3.80. The van der Waals surface area contributed by atoms with Crippen LogP contribution in [0, 0.1) is 0 Å². The fourth-order valence-corrected chi connectivity index (χ4v) is 5.23. The van der Waals surface area contributed by atoms with Gasteiger partial charge in [0.25, 0.3) is 0 Å². The molecule has 2 aromatic rings. The van der Waals surface area contributed by atoms with Gasteiger partial charge in [-0.15, -0.1) is 0 Å². The highest BCUT2D eigenvalue weighted by Crippen LogP contribution is 2.24. The molecule has 0 amide bonds. The van der Waals surface area contributed by atoms with Gasteiger partial charge in [0.15, 0.2) is 0 Å². The number of benzene rings is 1. The first-order valence-electron chi connectivity index (χ1n) is 9.59. The second-order valence-corrected chi connectivity index (χ2v) is 8.90. The van der Waals surface area contributed by atoms with Gasteiger partial charge in [-0.1, -0.05) is 0 Å². The quantitative estimate of drug-likeness (QED) is 0.796. The summed E-state index contributed by atoms with van der Waals surface area (Å²) in [6.45, 7) is 9.39. The van der Waals surface area contributed by atoms with Gasteiger partial charge in [-0.2, -0.15) is 4.31 Å². The molecule has 2 fully saturated rings. The molecular formula is C18H27N5O3S. The van der Waals surface area contributed by atoms with Crippen LogP contribution in [0.25, 0.3) is 11.0 Å². The van der Waals surface area contributed by atoms with E-state index < -0.39 is 10.0 Å². The smallest absolute Gasteiger partial charge is 0.243 e. The van der Waals surface area contributed by atoms with Gasteiger partial charge in [0.05, 0.1) is 35.7 Å². The largest absolute Gasteiger partial charge is 0.379 e. The third-order valence-corrected chi connectivity index (χ3v) is 7.19. The van der Waals surface area contributed by atoms with E-state index in [4.69, 9.17) is 9.72 Å². The van der Waals surface area contributed by atoms with E-state index in [2.05, 4.69) is 21.7 Å². The summed E-state index contributed by atoms with van der Waals surface area (Å²) >= 11 is 0.